The number of methoxy groups -OCH3 is 1. The fourth-order valence-electron chi connectivity index (χ4n) is 2.43. The normalized spacial score (nSPS) is 20.7. The van der Waals surface area contributed by atoms with Gasteiger partial charge in [0.25, 0.3) is 0 Å². The summed E-state index contributed by atoms with van der Waals surface area (Å²) >= 11 is 0. The Balaban J connectivity index is 0.00000220. The lowest BCUT2D eigenvalue weighted by Gasteiger charge is -2.15. The van der Waals surface area contributed by atoms with Gasteiger partial charge in [0.1, 0.15) is 12.4 Å². The van der Waals surface area contributed by atoms with Crippen molar-refractivity contribution in [2.75, 3.05) is 25.6 Å². The topological polar surface area (TPSA) is 73.6 Å². The number of nitrogens with one attached hydrogen (secondary N) is 1. The van der Waals surface area contributed by atoms with E-state index < -0.39 is 0 Å². The average Bonchev–Trinajstić information content (AvgIpc) is 2.87. The van der Waals surface area contributed by atoms with Crippen molar-refractivity contribution in [2.24, 2.45) is 11.7 Å². The molecule has 1 aliphatic carbocycles. The van der Waals surface area contributed by atoms with Gasteiger partial charge in [-0.15, -0.1) is 12.4 Å². The van der Waals surface area contributed by atoms with E-state index in [4.69, 9.17) is 15.2 Å². The first-order chi connectivity index (χ1) is 9.70. The van der Waals surface area contributed by atoms with Crippen molar-refractivity contribution in [3.63, 3.8) is 0 Å². The Morgan fingerprint density at radius 2 is 2.00 bits per heavy atom. The molecular weight excluding hydrogens is 292 g/mol. The molecule has 118 valence electrons. The van der Waals surface area contributed by atoms with Crippen LogP contribution >= 0.6 is 12.4 Å². The fourth-order valence-corrected chi connectivity index (χ4v) is 2.43. The molecule has 1 aromatic rings. The van der Waals surface area contributed by atoms with E-state index in [9.17, 15) is 4.79 Å². The number of amides is 1. The van der Waals surface area contributed by atoms with E-state index in [2.05, 4.69) is 5.32 Å². The Hall–Kier alpha value is -1.30. The Kier molecular flexibility index (Phi) is 7.50. The Bertz CT molecular complexity index is 439. The molecule has 0 saturated heterocycles. The molecule has 0 bridgehead atoms. The predicted octanol–water partition coefficient (Wildman–Crippen LogP) is 2.20. The van der Waals surface area contributed by atoms with Crippen LogP contribution in [0.2, 0.25) is 0 Å². The molecule has 0 heterocycles. The van der Waals surface area contributed by atoms with Crippen LogP contribution in [0.15, 0.2) is 24.3 Å². The Morgan fingerprint density at radius 3 is 2.57 bits per heavy atom. The van der Waals surface area contributed by atoms with Crippen molar-refractivity contribution in [1.29, 1.82) is 0 Å². The molecule has 1 fully saturated rings. The van der Waals surface area contributed by atoms with Gasteiger partial charge in [0.15, 0.2) is 0 Å². The van der Waals surface area contributed by atoms with Gasteiger partial charge in [-0.3, -0.25) is 4.79 Å². The second-order valence-corrected chi connectivity index (χ2v) is 5.06. The van der Waals surface area contributed by atoms with Crippen molar-refractivity contribution in [3.05, 3.63) is 24.3 Å². The van der Waals surface area contributed by atoms with Crippen LogP contribution in [0.3, 0.4) is 0 Å². The minimum atomic E-state index is -0.0624. The van der Waals surface area contributed by atoms with Gasteiger partial charge in [0.05, 0.1) is 12.5 Å². The molecule has 2 atom stereocenters. The van der Waals surface area contributed by atoms with Gasteiger partial charge in [0.2, 0.25) is 5.91 Å². The van der Waals surface area contributed by atoms with Crippen LogP contribution in [-0.4, -0.2) is 32.3 Å². The van der Waals surface area contributed by atoms with Crippen molar-refractivity contribution in [2.45, 2.75) is 25.3 Å². The number of rotatable bonds is 6. The standard InChI is InChI=1S/C15H22N2O3.ClH/c1-19-9-10-20-12-7-5-11(6-8-12)17-15(18)13-3-2-4-14(13)16;/h5-8,13-14H,2-4,9-10,16H2,1H3,(H,17,18);1H. The highest BCUT2D eigenvalue weighted by atomic mass is 35.5. The number of carbonyl (C=O) groups is 1. The highest BCUT2D eigenvalue weighted by molar-refractivity contribution is 5.93. The number of carbonyl (C=O) groups excluding carboxylic acids is 1. The summed E-state index contributed by atoms with van der Waals surface area (Å²) < 4.78 is 10.4. The maximum absolute atomic E-state index is 12.1. The Labute approximate surface area is 131 Å². The molecular formula is C15H23ClN2O3. The van der Waals surface area contributed by atoms with E-state index in [0.29, 0.717) is 13.2 Å². The largest absolute Gasteiger partial charge is 0.491 e. The third kappa shape index (κ3) is 5.19. The molecule has 0 spiro atoms. The van der Waals surface area contributed by atoms with E-state index in [1.807, 2.05) is 24.3 Å². The summed E-state index contributed by atoms with van der Waals surface area (Å²) in [6, 6.07) is 7.33. The summed E-state index contributed by atoms with van der Waals surface area (Å²) in [5.41, 5.74) is 6.70. The van der Waals surface area contributed by atoms with Gasteiger partial charge in [-0.1, -0.05) is 6.42 Å². The van der Waals surface area contributed by atoms with Gasteiger partial charge in [-0.05, 0) is 37.1 Å². The maximum Gasteiger partial charge on any atom is 0.229 e. The number of benzene rings is 1. The van der Waals surface area contributed by atoms with E-state index in [1.54, 1.807) is 7.11 Å². The van der Waals surface area contributed by atoms with Crippen molar-refractivity contribution < 1.29 is 14.3 Å². The molecule has 1 saturated carbocycles. The van der Waals surface area contributed by atoms with E-state index >= 15 is 0 Å². The molecule has 0 radical (unpaired) electrons. The van der Waals surface area contributed by atoms with Crippen LogP contribution in [0.4, 0.5) is 5.69 Å². The molecule has 2 rings (SSSR count). The molecule has 5 nitrogen and oxygen atoms in total. The molecule has 1 aromatic carbocycles. The lowest BCUT2D eigenvalue weighted by atomic mass is 10.0. The van der Waals surface area contributed by atoms with Gasteiger partial charge < -0.3 is 20.5 Å². The molecule has 0 aromatic heterocycles. The second kappa shape index (κ2) is 8.87. The van der Waals surface area contributed by atoms with Gasteiger partial charge in [-0.2, -0.15) is 0 Å². The summed E-state index contributed by atoms with van der Waals surface area (Å²) in [5.74, 6) is 0.716. The molecule has 1 aliphatic rings. The van der Waals surface area contributed by atoms with E-state index in [1.165, 1.54) is 0 Å². The van der Waals surface area contributed by atoms with Crippen LogP contribution in [0, 0.1) is 5.92 Å². The summed E-state index contributed by atoms with van der Waals surface area (Å²) in [4.78, 5) is 12.1. The predicted molar refractivity (Wildman–Crippen MR) is 85.0 cm³/mol. The zero-order valence-corrected chi connectivity index (χ0v) is 13.0. The molecule has 6 heteroatoms. The zero-order chi connectivity index (χ0) is 14.4. The second-order valence-electron chi connectivity index (χ2n) is 5.06. The van der Waals surface area contributed by atoms with Crippen molar-refractivity contribution in [3.8, 4) is 5.75 Å². The van der Waals surface area contributed by atoms with E-state index in [-0.39, 0.29) is 30.3 Å². The number of nitrogens with two attached hydrogens (primary N) is 1. The Morgan fingerprint density at radius 1 is 1.29 bits per heavy atom. The van der Waals surface area contributed by atoms with Crippen LogP contribution < -0.4 is 15.8 Å². The summed E-state index contributed by atoms with van der Waals surface area (Å²) in [6.07, 6.45) is 2.85. The number of hydrogen-bond acceptors (Lipinski definition) is 4. The minimum Gasteiger partial charge on any atom is -0.491 e. The summed E-state index contributed by atoms with van der Waals surface area (Å²) in [6.45, 7) is 1.07. The monoisotopic (exact) mass is 314 g/mol. The molecule has 3 N–H and O–H groups in total. The molecule has 1 amide bonds. The highest BCUT2D eigenvalue weighted by Crippen LogP contribution is 2.25. The van der Waals surface area contributed by atoms with Crippen LogP contribution in [0.5, 0.6) is 5.75 Å². The first kappa shape index (κ1) is 17.8. The molecule has 2 unspecified atom stereocenters. The highest BCUT2D eigenvalue weighted by Gasteiger charge is 2.30. The van der Waals surface area contributed by atoms with Gasteiger partial charge >= 0.3 is 0 Å². The number of hydrogen-bond donors (Lipinski definition) is 2. The third-order valence-electron chi connectivity index (χ3n) is 3.58. The minimum absolute atomic E-state index is 0. The smallest absolute Gasteiger partial charge is 0.229 e. The maximum atomic E-state index is 12.1. The SMILES string of the molecule is COCCOc1ccc(NC(=O)C2CCCC2N)cc1.Cl. The quantitative estimate of drug-likeness (QED) is 0.789. The van der Waals surface area contributed by atoms with E-state index in [0.717, 1.165) is 30.7 Å². The molecule has 0 aliphatic heterocycles. The molecule has 21 heavy (non-hydrogen) atoms. The van der Waals surface area contributed by atoms with Crippen LogP contribution in [-0.2, 0) is 9.53 Å². The lowest BCUT2D eigenvalue weighted by molar-refractivity contribution is -0.120. The van der Waals surface area contributed by atoms with Crippen molar-refractivity contribution >= 4 is 24.0 Å². The lowest BCUT2D eigenvalue weighted by Crippen LogP contribution is -2.34. The van der Waals surface area contributed by atoms with Gasteiger partial charge in [-0.25, -0.2) is 0 Å². The zero-order valence-electron chi connectivity index (χ0n) is 12.2. The first-order valence-electron chi connectivity index (χ1n) is 6.99. The number of halogens is 1. The van der Waals surface area contributed by atoms with Crippen LogP contribution in [0.25, 0.3) is 0 Å². The van der Waals surface area contributed by atoms with Crippen LogP contribution in [0.1, 0.15) is 19.3 Å². The average molecular weight is 315 g/mol. The number of anilines is 1. The summed E-state index contributed by atoms with van der Waals surface area (Å²) in [7, 11) is 1.63. The first-order valence-corrected chi connectivity index (χ1v) is 6.99. The fraction of sp³-hybridized carbons (Fsp3) is 0.533. The van der Waals surface area contributed by atoms with Crippen molar-refractivity contribution in [1.82, 2.24) is 0 Å². The third-order valence-corrected chi connectivity index (χ3v) is 3.58. The van der Waals surface area contributed by atoms with Gasteiger partial charge in [0, 0.05) is 18.8 Å². The summed E-state index contributed by atoms with van der Waals surface area (Å²) in [5, 5.41) is 2.91. The number of ether oxygens (including phenoxy) is 2.